The van der Waals surface area contributed by atoms with Crippen molar-refractivity contribution < 1.29 is 0 Å². The Balaban J connectivity index is 1.58. The number of aryl methyl sites for hydroxylation is 2. The third kappa shape index (κ3) is 3.33. The zero-order valence-corrected chi connectivity index (χ0v) is 17.3. The monoisotopic (exact) mass is 402 g/mol. The predicted molar refractivity (Wildman–Crippen MR) is 118 cm³/mol. The van der Waals surface area contributed by atoms with Gasteiger partial charge in [-0.3, -0.25) is 14.8 Å². The van der Waals surface area contributed by atoms with Gasteiger partial charge in [-0.1, -0.05) is 13.0 Å². The first-order valence-corrected chi connectivity index (χ1v) is 10.5. The fraction of sp³-hybridized carbons (Fsp3) is 0.364. The second-order valence-corrected chi connectivity index (χ2v) is 7.97. The molecule has 0 spiro atoms. The zero-order valence-electron chi connectivity index (χ0n) is 17.3. The summed E-state index contributed by atoms with van der Waals surface area (Å²) in [4.78, 5) is 11.9. The molecule has 1 aliphatic rings. The van der Waals surface area contributed by atoms with Gasteiger partial charge in [0.25, 0.3) is 0 Å². The smallest absolute Gasteiger partial charge is 0.132 e. The van der Waals surface area contributed by atoms with E-state index in [1.807, 2.05) is 25.6 Å². The molecule has 0 amide bonds. The third-order valence-electron chi connectivity index (χ3n) is 5.78. The van der Waals surface area contributed by atoms with E-state index in [9.17, 15) is 0 Å². The first-order chi connectivity index (χ1) is 14.6. The summed E-state index contributed by atoms with van der Waals surface area (Å²) in [6.45, 7) is 4.01. The van der Waals surface area contributed by atoms with Gasteiger partial charge in [0.1, 0.15) is 11.5 Å². The zero-order chi connectivity index (χ0) is 20.7. The van der Waals surface area contributed by atoms with Crippen molar-refractivity contribution in [1.29, 1.82) is 0 Å². The maximum Gasteiger partial charge on any atom is 0.132 e. The van der Waals surface area contributed by atoms with E-state index in [0.717, 1.165) is 71.7 Å². The minimum Gasteiger partial charge on any atom is -0.355 e. The standard InChI is InChI=1S/C22H26N8/c1-3-14-6-7-18(26-22(14)30-8-4-5-16(23)13-30)21-17-9-19(15-10-25-29(2)12-15)24-11-20(17)27-28-21/h6-7,9-12,16H,3-5,8,13,23H2,1-2H3,(H,27,28). The number of hydrogen-bond acceptors (Lipinski definition) is 6. The summed E-state index contributed by atoms with van der Waals surface area (Å²) in [5, 5.41) is 12.9. The second kappa shape index (κ2) is 7.53. The number of H-pyrrole nitrogens is 1. The van der Waals surface area contributed by atoms with Crippen molar-refractivity contribution in [2.45, 2.75) is 32.2 Å². The van der Waals surface area contributed by atoms with E-state index in [1.165, 1.54) is 5.56 Å². The summed E-state index contributed by atoms with van der Waals surface area (Å²) in [6.07, 6.45) is 8.71. The second-order valence-electron chi connectivity index (χ2n) is 7.97. The molecule has 1 atom stereocenters. The summed E-state index contributed by atoms with van der Waals surface area (Å²) in [5.74, 6) is 1.03. The number of rotatable bonds is 4. The third-order valence-corrected chi connectivity index (χ3v) is 5.78. The van der Waals surface area contributed by atoms with E-state index in [2.05, 4.69) is 50.3 Å². The minimum absolute atomic E-state index is 0.202. The molecule has 0 aromatic carbocycles. The van der Waals surface area contributed by atoms with Gasteiger partial charge in [0.15, 0.2) is 0 Å². The Bertz CT molecular complexity index is 1190. The fourth-order valence-corrected chi connectivity index (χ4v) is 4.18. The van der Waals surface area contributed by atoms with Crippen LogP contribution in [0.5, 0.6) is 0 Å². The van der Waals surface area contributed by atoms with Crippen molar-refractivity contribution in [2.24, 2.45) is 12.8 Å². The highest BCUT2D eigenvalue weighted by molar-refractivity contribution is 5.93. The molecular formula is C22H26N8. The average Bonchev–Trinajstić information content (AvgIpc) is 3.39. The Hall–Kier alpha value is -3.26. The summed E-state index contributed by atoms with van der Waals surface area (Å²) in [6, 6.07) is 6.48. The number of hydrogen-bond donors (Lipinski definition) is 2. The van der Waals surface area contributed by atoms with E-state index in [0.29, 0.717) is 0 Å². The predicted octanol–water partition coefficient (Wildman–Crippen LogP) is 2.91. The van der Waals surface area contributed by atoms with Crippen LogP contribution >= 0.6 is 0 Å². The average molecular weight is 403 g/mol. The Kier molecular flexibility index (Phi) is 4.71. The van der Waals surface area contributed by atoms with Crippen molar-refractivity contribution in [3.05, 3.63) is 42.4 Å². The molecule has 5 rings (SSSR count). The van der Waals surface area contributed by atoms with Gasteiger partial charge in [-0.25, -0.2) is 4.98 Å². The molecule has 0 saturated carbocycles. The molecule has 4 aromatic heterocycles. The van der Waals surface area contributed by atoms with Gasteiger partial charge < -0.3 is 10.6 Å². The number of anilines is 1. The maximum absolute atomic E-state index is 6.23. The maximum atomic E-state index is 6.23. The van der Waals surface area contributed by atoms with Crippen LogP contribution in [-0.4, -0.2) is 49.1 Å². The van der Waals surface area contributed by atoms with Crippen molar-refractivity contribution in [2.75, 3.05) is 18.0 Å². The number of fused-ring (bicyclic) bond motifs is 1. The highest BCUT2D eigenvalue weighted by atomic mass is 15.2. The largest absolute Gasteiger partial charge is 0.355 e. The molecule has 5 heterocycles. The molecule has 30 heavy (non-hydrogen) atoms. The van der Waals surface area contributed by atoms with E-state index in [-0.39, 0.29) is 6.04 Å². The molecule has 1 aliphatic heterocycles. The molecule has 0 bridgehead atoms. The van der Waals surface area contributed by atoms with Crippen LogP contribution in [0.1, 0.15) is 25.3 Å². The molecule has 0 aliphatic carbocycles. The fourth-order valence-electron chi connectivity index (χ4n) is 4.18. The van der Waals surface area contributed by atoms with Gasteiger partial charge in [-0.05, 0) is 37.0 Å². The van der Waals surface area contributed by atoms with E-state index in [4.69, 9.17) is 10.7 Å². The van der Waals surface area contributed by atoms with Crippen molar-refractivity contribution in [3.63, 3.8) is 0 Å². The van der Waals surface area contributed by atoms with Gasteiger partial charge in [-0.15, -0.1) is 0 Å². The Morgan fingerprint density at radius 2 is 2.13 bits per heavy atom. The Labute approximate surface area is 175 Å². The number of nitrogens with two attached hydrogens (primary N) is 1. The number of nitrogens with one attached hydrogen (secondary N) is 1. The Morgan fingerprint density at radius 3 is 2.90 bits per heavy atom. The van der Waals surface area contributed by atoms with Crippen LogP contribution in [0.4, 0.5) is 5.82 Å². The van der Waals surface area contributed by atoms with Crippen LogP contribution in [0, 0.1) is 0 Å². The number of aromatic amines is 1. The molecule has 4 aromatic rings. The van der Waals surface area contributed by atoms with Crippen LogP contribution in [0.25, 0.3) is 33.5 Å². The van der Waals surface area contributed by atoms with Gasteiger partial charge in [0.2, 0.25) is 0 Å². The van der Waals surface area contributed by atoms with E-state index >= 15 is 0 Å². The van der Waals surface area contributed by atoms with Crippen LogP contribution in [0.15, 0.2) is 36.8 Å². The quantitative estimate of drug-likeness (QED) is 0.544. The van der Waals surface area contributed by atoms with Gasteiger partial charge in [0.05, 0.1) is 29.3 Å². The number of piperidine rings is 1. The first kappa shape index (κ1) is 18.7. The lowest BCUT2D eigenvalue weighted by Gasteiger charge is -2.33. The molecule has 8 nitrogen and oxygen atoms in total. The topological polar surface area (TPSA) is 102 Å². The lowest BCUT2D eigenvalue weighted by molar-refractivity contribution is 0.502. The number of nitrogens with zero attached hydrogens (tertiary/aromatic N) is 6. The summed E-state index contributed by atoms with van der Waals surface area (Å²) in [7, 11) is 1.90. The highest BCUT2D eigenvalue weighted by Gasteiger charge is 2.21. The van der Waals surface area contributed by atoms with Crippen molar-refractivity contribution in [3.8, 4) is 22.6 Å². The van der Waals surface area contributed by atoms with Crippen LogP contribution < -0.4 is 10.6 Å². The highest BCUT2D eigenvalue weighted by Crippen LogP contribution is 2.31. The van der Waals surface area contributed by atoms with E-state index in [1.54, 1.807) is 4.68 Å². The van der Waals surface area contributed by atoms with Gasteiger partial charge in [0, 0.05) is 43.3 Å². The normalized spacial score (nSPS) is 17.0. The molecule has 1 saturated heterocycles. The van der Waals surface area contributed by atoms with Crippen molar-refractivity contribution in [1.82, 2.24) is 29.9 Å². The van der Waals surface area contributed by atoms with Gasteiger partial charge >= 0.3 is 0 Å². The van der Waals surface area contributed by atoms with Crippen LogP contribution in [0.2, 0.25) is 0 Å². The van der Waals surface area contributed by atoms with Gasteiger partial charge in [-0.2, -0.15) is 10.2 Å². The first-order valence-electron chi connectivity index (χ1n) is 10.5. The molecule has 0 radical (unpaired) electrons. The summed E-state index contributed by atoms with van der Waals surface area (Å²) in [5.41, 5.74) is 11.9. The molecule has 8 heteroatoms. The van der Waals surface area contributed by atoms with Crippen LogP contribution in [0.3, 0.4) is 0 Å². The van der Waals surface area contributed by atoms with E-state index < -0.39 is 0 Å². The summed E-state index contributed by atoms with van der Waals surface area (Å²) >= 11 is 0. The SMILES string of the molecule is CCc1ccc(-c2n[nH]c3cnc(-c4cnn(C)c4)cc23)nc1N1CCCC(N)C1. The molecule has 1 fully saturated rings. The lowest BCUT2D eigenvalue weighted by Crippen LogP contribution is -2.43. The van der Waals surface area contributed by atoms with Crippen LogP contribution in [-0.2, 0) is 13.5 Å². The van der Waals surface area contributed by atoms with Crippen molar-refractivity contribution >= 4 is 16.7 Å². The number of pyridine rings is 2. The minimum atomic E-state index is 0.202. The molecule has 3 N–H and O–H groups in total. The lowest BCUT2D eigenvalue weighted by atomic mass is 10.0. The molecular weight excluding hydrogens is 376 g/mol. The molecule has 154 valence electrons. The summed E-state index contributed by atoms with van der Waals surface area (Å²) < 4.78 is 1.78. The number of aromatic nitrogens is 6. The Morgan fingerprint density at radius 1 is 1.23 bits per heavy atom. The molecule has 1 unspecified atom stereocenters.